The summed E-state index contributed by atoms with van der Waals surface area (Å²) >= 11 is 0. The number of nitrogens with zero attached hydrogens (tertiary/aromatic N) is 3. The molecule has 0 aliphatic rings. The molecule has 0 saturated carbocycles. The summed E-state index contributed by atoms with van der Waals surface area (Å²) in [4.78, 5) is 8.52. The van der Waals surface area contributed by atoms with Crippen molar-refractivity contribution < 1.29 is 5.11 Å². The molecule has 0 spiro atoms. The van der Waals surface area contributed by atoms with E-state index in [0.29, 0.717) is 5.82 Å². The molecular formula is C18H14N4O. The van der Waals surface area contributed by atoms with Crippen LogP contribution in [0.25, 0.3) is 27.8 Å². The van der Waals surface area contributed by atoms with Crippen LogP contribution in [0.3, 0.4) is 0 Å². The molecule has 4 aromatic rings. The Hall–Kier alpha value is -3.34. The lowest BCUT2D eigenvalue weighted by Gasteiger charge is -2.04. The maximum atomic E-state index is 9.49. The summed E-state index contributed by atoms with van der Waals surface area (Å²) in [5.74, 6) is 0.675. The highest BCUT2D eigenvalue weighted by Crippen LogP contribution is 2.34. The molecule has 0 aliphatic carbocycles. The highest BCUT2D eigenvalue weighted by Gasteiger charge is 2.15. The molecule has 2 aromatic heterocycles. The second kappa shape index (κ2) is 5.14. The van der Waals surface area contributed by atoms with Gasteiger partial charge in [-0.05, 0) is 29.8 Å². The van der Waals surface area contributed by atoms with Gasteiger partial charge in [0.2, 0.25) is 0 Å². The van der Waals surface area contributed by atoms with E-state index in [-0.39, 0.29) is 5.75 Å². The average Bonchev–Trinajstić information content (AvgIpc) is 2.97. The smallest absolute Gasteiger partial charge is 0.150 e. The Morgan fingerprint density at radius 3 is 2.39 bits per heavy atom. The van der Waals surface area contributed by atoms with Gasteiger partial charge in [-0.25, -0.2) is 9.97 Å². The number of hydrogen-bond donors (Lipinski definition) is 2. The van der Waals surface area contributed by atoms with Crippen molar-refractivity contribution in [3.05, 3.63) is 67.1 Å². The Morgan fingerprint density at radius 2 is 1.65 bits per heavy atom. The van der Waals surface area contributed by atoms with Crippen LogP contribution < -0.4 is 5.73 Å². The van der Waals surface area contributed by atoms with Crippen LogP contribution in [-0.4, -0.2) is 19.6 Å². The van der Waals surface area contributed by atoms with Gasteiger partial charge in [-0.15, -0.1) is 0 Å². The van der Waals surface area contributed by atoms with Crippen LogP contribution in [0.15, 0.2) is 67.1 Å². The quantitative estimate of drug-likeness (QED) is 0.595. The molecule has 0 saturated heterocycles. The SMILES string of the molecule is Nc1ncnc2c1c(-c1ccccc1)cn2-c1ccc(O)cc1. The third-order valence-corrected chi connectivity index (χ3v) is 3.82. The van der Waals surface area contributed by atoms with Crippen molar-refractivity contribution in [2.24, 2.45) is 0 Å². The molecule has 0 bridgehead atoms. The molecule has 112 valence electrons. The predicted molar refractivity (Wildman–Crippen MR) is 90.4 cm³/mol. The van der Waals surface area contributed by atoms with Gasteiger partial charge in [-0.2, -0.15) is 0 Å². The zero-order valence-corrected chi connectivity index (χ0v) is 12.2. The highest BCUT2D eigenvalue weighted by molar-refractivity contribution is 6.01. The van der Waals surface area contributed by atoms with E-state index in [9.17, 15) is 5.11 Å². The van der Waals surface area contributed by atoms with Crippen molar-refractivity contribution >= 4 is 16.9 Å². The van der Waals surface area contributed by atoms with Gasteiger partial charge in [-0.3, -0.25) is 0 Å². The number of benzene rings is 2. The zero-order chi connectivity index (χ0) is 15.8. The van der Waals surface area contributed by atoms with E-state index in [2.05, 4.69) is 9.97 Å². The Kier molecular flexibility index (Phi) is 2.98. The van der Waals surface area contributed by atoms with Crippen molar-refractivity contribution in [3.63, 3.8) is 0 Å². The number of hydrogen-bond acceptors (Lipinski definition) is 4. The van der Waals surface area contributed by atoms with Crippen molar-refractivity contribution in [2.75, 3.05) is 5.73 Å². The average molecular weight is 302 g/mol. The van der Waals surface area contributed by atoms with E-state index < -0.39 is 0 Å². The number of anilines is 1. The van der Waals surface area contributed by atoms with Crippen LogP contribution in [0, 0.1) is 0 Å². The van der Waals surface area contributed by atoms with Crippen molar-refractivity contribution in [1.82, 2.24) is 14.5 Å². The minimum Gasteiger partial charge on any atom is -0.508 e. The number of nitrogen functional groups attached to an aromatic ring is 1. The van der Waals surface area contributed by atoms with E-state index in [1.165, 1.54) is 6.33 Å². The molecule has 3 N–H and O–H groups in total. The molecule has 0 unspecified atom stereocenters. The van der Waals surface area contributed by atoms with E-state index in [1.807, 2.05) is 53.2 Å². The molecule has 0 amide bonds. The van der Waals surface area contributed by atoms with Gasteiger partial charge < -0.3 is 15.4 Å². The Morgan fingerprint density at radius 1 is 0.913 bits per heavy atom. The molecule has 2 heterocycles. The standard InChI is InChI=1S/C18H14N4O/c19-17-16-15(12-4-2-1-3-5-12)10-22(18(16)21-11-20-17)13-6-8-14(23)9-7-13/h1-11,23H,(H2,19,20,21). The van der Waals surface area contributed by atoms with Crippen molar-refractivity contribution in [2.45, 2.75) is 0 Å². The van der Waals surface area contributed by atoms with Gasteiger partial charge >= 0.3 is 0 Å². The number of aromatic hydroxyl groups is 1. The second-order valence-electron chi connectivity index (χ2n) is 5.25. The number of fused-ring (bicyclic) bond motifs is 1. The summed E-state index contributed by atoms with van der Waals surface area (Å²) < 4.78 is 1.95. The number of rotatable bonds is 2. The summed E-state index contributed by atoms with van der Waals surface area (Å²) in [6.07, 6.45) is 3.46. The molecule has 0 fully saturated rings. The first-order chi connectivity index (χ1) is 11.2. The van der Waals surface area contributed by atoms with Gasteiger partial charge in [0, 0.05) is 17.4 Å². The lowest BCUT2D eigenvalue weighted by molar-refractivity contribution is 0.475. The normalized spacial score (nSPS) is 11.0. The molecule has 0 atom stereocenters. The number of nitrogens with two attached hydrogens (primary N) is 1. The number of aromatic nitrogens is 3. The monoisotopic (exact) mass is 302 g/mol. The van der Waals surface area contributed by atoms with Crippen molar-refractivity contribution in [3.8, 4) is 22.6 Å². The topological polar surface area (TPSA) is 77.0 Å². The summed E-state index contributed by atoms with van der Waals surface area (Å²) in [5, 5.41) is 10.3. The Labute approximate surface area is 132 Å². The van der Waals surface area contributed by atoms with Crippen LogP contribution >= 0.6 is 0 Å². The lowest BCUT2D eigenvalue weighted by atomic mass is 10.1. The fourth-order valence-electron chi connectivity index (χ4n) is 2.73. The van der Waals surface area contributed by atoms with Crippen LogP contribution in [0.1, 0.15) is 0 Å². The molecule has 2 aromatic carbocycles. The first-order valence-electron chi connectivity index (χ1n) is 7.20. The molecule has 0 aliphatic heterocycles. The zero-order valence-electron chi connectivity index (χ0n) is 12.2. The third-order valence-electron chi connectivity index (χ3n) is 3.82. The van der Waals surface area contributed by atoms with Crippen molar-refractivity contribution in [1.29, 1.82) is 0 Å². The van der Waals surface area contributed by atoms with Gasteiger partial charge in [0.1, 0.15) is 17.9 Å². The van der Waals surface area contributed by atoms with Crippen LogP contribution in [0.4, 0.5) is 5.82 Å². The first kappa shape index (κ1) is 13.3. The molecule has 23 heavy (non-hydrogen) atoms. The van der Waals surface area contributed by atoms with E-state index in [4.69, 9.17) is 5.73 Å². The fraction of sp³-hybridized carbons (Fsp3) is 0. The number of phenolic OH excluding ortho intramolecular Hbond substituents is 1. The fourth-order valence-corrected chi connectivity index (χ4v) is 2.73. The molecule has 4 rings (SSSR count). The largest absolute Gasteiger partial charge is 0.508 e. The van der Waals surface area contributed by atoms with Gasteiger partial charge in [0.15, 0.2) is 5.65 Å². The van der Waals surface area contributed by atoms with Crippen LogP contribution in [-0.2, 0) is 0 Å². The lowest BCUT2D eigenvalue weighted by Crippen LogP contribution is -1.96. The van der Waals surface area contributed by atoms with E-state index in [0.717, 1.165) is 27.8 Å². The predicted octanol–water partition coefficient (Wildman–Crippen LogP) is 3.38. The summed E-state index contributed by atoms with van der Waals surface area (Å²) in [6.45, 7) is 0. The Bertz CT molecular complexity index is 975. The minimum absolute atomic E-state index is 0.225. The highest BCUT2D eigenvalue weighted by atomic mass is 16.3. The maximum Gasteiger partial charge on any atom is 0.150 e. The minimum atomic E-state index is 0.225. The van der Waals surface area contributed by atoms with Gasteiger partial charge in [0.05, 0.1) is 5.39 Å². The molecule has 0 radical (unpaired) electrons. The molecule has 5 heteroatoms. The number of phenols is 1. The summed E-state index contributed by atoms with van der Waals surface area (Å²) in [7, 11) is 0. The Balaban J connectivity index is 2.03. The van der Waals surface area contributed by atoms with Crippen LogP contribution in [0.5, 0.6) is 5.75 Å². The van der Waals surface area contributed by atoms with E-state index in [1.54, 1.807) is 12.1 Å². The first-order valence-corrected chi connectivity index (χ1v) is 7.20. The van der Waals surface area contributed by atoms with Crippen LogP contribution in [0.2, 0.25) is 0 Å². The second-order valence-corrected chi connectivity index (χ2v) is 5.25. The summed E-state index contributed by atoms with van der Waals surface area (Å²) in [6, 6.07) is 17.0. The molecule has 5 nitrogen and oxygen atoms in total. The van der Waals surface area contributed by atoms with Gasteiger partial charge in [-0.1, -0.05) is 30.3 Å². The third kappa shape index (κ3) is 2.19. The summed E-state index contributed by atoms with van der Waals surface area (Å²) in [5.41, 5.74) is 9.77. The maximum absolute atomic E-state index is 9.49. The van der Waals surface area contributed by atoms with E-state index >= 15 is 0 Å². The van der Waals surface area contributed by atoms with Gasteiger partial charge in [0.25, 0.3) is 0 Å². The molecular weight excluding hydrogens is 288 g/mol.